The summed E-state index contributed by atoms with van der Waals surface area (Å²) in [5.41, 5.74) is 0. The van der Waals surface area contributed by atoms with Gasteiger partial charge in [0.05, 0.1) is 7.11 Å². The largest absolute Gasteiger partial charge is 0.496 e. The zero-order chi connectivity index (χ0) is 5.82. The molecule has 2 nitrogen and oxygen atoms in total. The Kier molecular flexibility index (Phi) is 1.86. The van der Waals surface area contributed by atoms with E-state index in [4.69, 9.17) is 4.74 Å². The molecule has 0 radical (unpaired) electrons. The van der Waals surface area contributed by atoms with Gasteiger partial charge in [-0.05, 0) is 18.0 Å². The highest BCUT2D eigenvalue weighted by Crippen LogP contribution is 2.09. The summed E-state index contributed by atoms with van der Waals surface area (Å²) in [6, 6.07) is 0. The first kappa shape index (κ1) is 5.56. The van der Waals surface area contributed by atoms with Gasteiger partial charge in [0.2, 0.25) is 0 Å². The average Bonchev–Trinajstić information content (AvgIpc) is 1.90. The van der Waals surface area contributed by atoms with Crippen molar-refractivity contribution < 1.29 is 4.74 Å². The standard InChI is InChI=1S/C5H7NOS/c1-7-5-2-3-6-8-4-5/h2-4,6H,1H3. The molecule has 0 spiro atoms. The van der Waals surface area contributed by atoms with Crippen LogP contribution in [0.2, 0.25) is 0 Å². The van der Waals surface area contributed by atoms with Gasteiger partial charge in [0.25, 0.3) is 0 Å². The van der Waals surface area contributed by atoms with Crippen molar-refractivity contribution in [1.82, 2.24) is 4.72 Å². The molecule has 1 N–H and O–H groups in total. The van der Waals surface area contributed by atoms with E-state index in [0.717, 1.165) is 5.76 Å². The molecule has 0 bridgehead atoms. The van der Waals surface area contributed by atoms with Crippen LogP contribution in [0.5, 0.6) is 0 Å². The van der Waals surface area contributed by atoms with E-state index in [9.17, 15) is 0 Å². The molecule has 1 rings (SSSR count). The van der Waals surface area contributed by atoms with Gasteiger partial charge in [0, 0.05) is 11.6 Å². The van der Waals surface area contributed by atoms with E-state index < -0.39 is 0 Å². The van der Waals surface area contributed by atoms with Crippen LogP contribution >= 0.6 is 11.9 Å². The molecule has 3 heteroatoms. The van der Waals surface area contributed by atoms with E-state index in [1.54, 1.807) is 7.11 Å². The van der Waals surface area contributed by atoms with Crippen LogP contribution in [-0.2, 0) is 4.74 Å². The van der Waals surface area contributed by atoms with Crippen LogP contribution in [0.15, 0.2) is 23.4 Å². The lowest BCUT2D eigenvalue weighted by molar-refractivity contribution is 0.307. The first-order valence-electron chi connectivity index (χ1n) is 2.25. The van der Waals surface area contributed by atoms with Crippen molar-refractivity contribution in [1.29, 1.82) is 0 Å². The second-order valence-electron chi connectivity index (χ2n) is 1.29. The van der Waals surface area contributed by atoms with Gasteiger partial charge in [-0.25, -0.2) is 0 Å². The number of nitrogens with one attached hydrogen (secondary N) is 1. The van der Waals surface area contributed by atoms with Crippen molar-refractivity contribution in [3.8, 4) is 0 Å². The predicted molar refractivity (Wildman–Crippen MR) is 35.0 cm³/mol. The van der Waals surface area contributed by atoms with Crippen molar-refractivity contribution in [3.63, 3.8) is 0 Å². The van der Waals surface area contributed by atoms with E-state index in [-0.39, 0.29) is 0 Å². The predicted octanol–water partition coefficient (Wildman–Crippen LogP) is 1.24. The maximum absolute atomic E-state index is 4.90. The summed E-state index contributed by atoms with van der Waals surface area (Å²) in [6.07, 6.45) is 3.71. The van der Waals surface area contributed by atoms with Crippen molar-refractivity contribution in [2.75, 3.05) is 7.11 Å². The number of rotatable bonds is 1. The molecule has 1 aliphatic rings. The lowest BCUT2D eigenvalue weighted by atomic mass is 10.5. The van der Waals surface area contributed by atoms with Gasteiger partial charge in [0.15, 0.2) is 0 Å². The molecule has 0 aromatic rings. The number of hydrogen-bond acceptors (Lipinski definition) is 3. The van der Waals surface area contributed by atoms with E-state index in [1.807, 2.05) is 17.7 Å². The topological polar surface area (TPSA) is 21.3 Å². The fourth-order valence-corrected chi connectivity index (χ4v) is 0.909. The Morgan fingerprint density at radius 3 is 3.00 bits per heavy atom. The summed E-state index contributed by atoms with van der Waals surface area (Å²) in [5, 5.41) is 1.90. The van der Waals surface area contributed by atoms with Crippen molar-refractivity contribution >= 4 is 11.9 Å². The van der Waals surface area contributed by atoms with Gasteiger partial charge in [-0.3, -0.25) is 0 Å². The smallest absolute Gasteiger partial charge is 0.128 e. The Morgan fingerprint density at radius 1 is 1.75 bits per heavy atom. The molecule has 0 saturated carbocycles. The Labute approximate surface area is 52.7 Å². The third-order valence-electron chi connectivity index (χ3n) is 0.794. The quantitative estimate of drug-likeness (QED) is 0.538. The highest BCUT2D eigenvalue weighted by molar-refractivity contribution is 8.00. The summed E-state index contributed by atoms with van der Waals surface area (Å²) in [6.45, 7) is 0. The molecule has 1 heterocycles. The molecule has 0 saturated heterocycles. The van der Waals surface area contributed by atoms with E-state index in [0.29, 0.717) is 0 Å². The summed E-state index contributed by atoms with van der Waals surface area (Å²) < 4.78 is 7.83. The first-order valence-corrected chi connectivity index (χ1v) is 3.13. The Hall–Kier alpha value is -0.570. The van der Waals surface area contributed by atoms with Crippen LogP contribution in [0, 0.1) is 0 Å². The molecule has 1 aliphatic heterocycles. The van der Waals surface area contributed by atoms with Crippen molar-refractivity contribution in [2.24, 2.45) is 0 Å². The third kappa shape index (κ3) is 1.20. The second-order valence-corrected chi connectivity index (χ2v) is 2.00. The molecular weight excluding hydrogens is 122 g/mol. The molecule has 0 aromatic heterocycles. The summed E-state index contributed by atoms with van der Waals surface area (Å²) in [4.78, 5) is 0. The highest BCUT2D eigenvalue weighted by Gasteiger charge is 1.91. The minimum Gasteiger partial charge on any atom is -0.496 e. The number of allylic oxidation sites excluding steroid dienone is 1. The fraction of sp³-hybridized carbons (Fsp3) is 0.200. The lowest BCUT2D eigenvalue weighted by Gasteiger charge is -2.03. The maximum Gasteiger partial charge on any atom is 0.128 e. The van der Waals surface area contributed by atoms with Gasteiger partial charge in [0.1, 0.15) is 5.76 Å². The first-order chi connectivity index (χ1) is 3.93. The van der Waals surface area contributed by atoms with Crippen LogP contribution in [0.4, 0.5) is 0 Å². The SMILES string of the molecule is COC1=CSNC=C1. The van der Waals surface area contributed by atoms with Crippen LogP contribution in [0.25, 0.3) is 0 Å². The molecule has 8 heavy (non-hydrogen) atoms. The zero-order valence-electron chi connectivity index (χ0n) is 4.55. The van der Waals surface area contributed by atoms with Crippen molar-refractivity contribution in [3.05, 3.63) is 23.4 Å². The molecular formula is C5H7NOS. The third-order valence-corrected chi connectivity index (χ3v) is 1.42. The van der Waals surface area contributed by atoms with Gasteiger partial charge in [-0.2, -0.15) is 0 Å². The second kappa shape index (κ2) is 2.67. The Balaban J connectivity index is 2.51. The van der Waals surface area contributed by atoms with Gasteiger partial charge >= 0.3 is 0 Å². The minimum atomic E-state index is 0.897. The van der Waals surface area contributed by atoms with Crippen molar-refractivity contribution in [2.45, 2.75) is 0 Å². The van der Waals surface area contributed by atoms with Gasteiger partial charge in [-0.1, -0.05) is 0 Å². The molecule has 0 aromatic carbocycles. The average molecular weight is 129 g/mol. The molecule has 0 aliphatic carbocycles. The zero-order valence-corrected chi connectivity index (χ0v) is 5.37. The van der Waals surface area contributed by atoms with Crippen LogP contribution in [0.1, 0.15) is 0 Å². The van der Waals surface area contributed by atoms with Crippen LogP contribution in [0.3, 0.4) is 0 Å². The summed E-state index contributed by atoms with van der Waals surface area (Å²) in [5.74, 6) is 0.897. The summed E-state index contributed by atoms with van der Waals surface area (Å²) >= 11 is 1.50. The van der Waals surface area contributed by atoms with Crippen LogP contribution in [-0.4, -0.2) is 7.11 Å². The number of ether oxygens (including phenoxy) is 1. The maximum atomic E-state index is 4.90. The molecule has 0 fully saturated rings. The van der Waals surface area contributed by atoms with E-state index in [1.165, 1.54) is 11.9 Å². The normalized spacial score (nSPS) is 16.9. The molecule has 0 unspecified atom stereocenters. The number of hydrogen-bond donors (Lipinski definition) is 1. The molecule has 44 valence electrons. The van der Waals surface area contributed by atoms with Gasteiger partial charge in [-0.15, -0.1) is 0 Å². The van der Waals surface area contributed by atoms with Gasteiger partial charge < -0.3 is 9.46 Å². The highest BCUT2D eigenvalue weighted by atomic mass is 32.2. The van der Waals surface area contributed by atoms with E-state index in [2.05, 4.69) is 4.72 Å². The lowest BCUT2D eigenvalue weighted by Crippen LogP contribution is -1.95. The fourth-order valence-electron chi connectivity index (χ4n) is 0.403. The number of methoxy groups -OCH3 is 1. The molecule has 0 amide bonds. The minimum absolute atomic E-state index is 0.897. The Bertz CT molecular complexity index is 130. The summed E-state index contributed by atoms with van der Waals surface area (Å²) in [7, 11) is 1.65. The Morgan fingerprint density at radius 2 is 2.62 bits per heavy atom. The molecule has 0 atom stereocenters. The van der Waals surface area contributed by atoms with E-state index >= 15 is 0 Å². The van der Waals surface area contributed by atoms with Crippen LogP contribution < -0.4 is 4.72 Å². The monoisotopic (exact) mass is 129 g/mol.